The zero-order valence-corrected chi connectivity index (χ0v) is 12.1. The number of anilines is 3. The summed E-state index contributed by atoms with van der Waals surface area (Å²) in [7, 11) is -3.74. The van der Waals surface area contributed by atoms with Crippen LogP contribution in [-0.4, -0.2) is 14.3 Å². The van der Waals surface area contributed by atoms with Crippen molar-refractivity contribution in [2.45, 2.75) is 11.8 Å². The zero-order valence-electron chi connectivity index (χ0n) is 11.3. The third-order valence-corrected chi connectivity index (χ3v) is 4.12. The lowest BCUT2D eigenvalue weighted by Crippen LogP contribution is -2.14. The number of rotatable bonds is 4. The van der Waals surface area contributed by atoms with E-state index in [1.165, 1.54) is 19.1 Å². The van der Waals surface area contributed by atoms with Gasteiger partial charge >= 0.3 is 0 Å². The molecule has 1 amide bonds. The third kappa shape index (κ3) is 3.73. The molecule has 0 saturated heterocycles. The quantitative estimate of drug-likeness (QED) is 0.752. The molecule has 21 heavy (non-hydrogen) atoms. The van der Waals surface area contributed by atoms with Crippen molar-refractivity contribution >= 4 is 33.0 Å². The molecular formula is C14H15N3O3S. The van der Waals surface area contributed by atoms with Gasteiger partial charge in [0.05, 0.1) is 5.69 Å². The summed E-state index contributed by atoms with van der Waals surface area (Å²) >= 11 is 0. The van der Waals surface area contributed by atoms with Crippen molar-refractivity contribution in [3.8, 4) is 0 Å². The number of nitrogens with two attached hydrogens (primary N) is 1. The van der Waals surface area contributed by atoms with Gasteiger partial charge in [0.15, 0.2) is 0 Å². The number of carbonyl (C=O) groups excluding carboxylic acids is 1. The lowest BCUT2D eigenvalue weighted by atomic mass is 10.3. The van der Waals surface area contributed by atoms with Gasteiger partial charge in [0.2, 0.25) is 5.91 Å². The van der Waals surface area contributed by atoms with Crippen LogP contribution in [0.15, 0.2) is 53.4 Å². The third-order valence-electron chi connectivity index (χ3n) is 2.67. The van der Waals surface area contributed by atoms with Crippen molar-refractivity contribution < 1.29 is 13.2 Å². The maximum Gasteiger partial charge on any atom is 0.263 e. The minimum absolute atomic E-state index is 0.0240. The molecule has 0 heterocycles. The monoisotopic (exact) mass is 305 g/mol. The summed E-state index contributed by atoms with van der Waals surface area (Å²) in [5, 5.41) is 2.60. The summed E-state index contributed by atoms with van der Waals surface area (Å²) in [5.74, 6) is -0.194. The summed E-state index contributed by atoms with van der Waals surface area (Å²) in [4.78, 5) is 10.9. The minimum atomic E-state index is -3.74. The van der Waals surface area contributed by atoms with Crippen molar-refractivity contribution in [2.75, 3.05) is 15.8 Å². The molecule has 2 aromatic rings. The Kier molecular flexibility index (Phi) is 4.13. The molecule has 0 bridgehead atoms. The number of hydrogen-bond donors (Lipinski definition) is 3. The Morgan fingerprint density at radius 2 is 1.57 bits per heavy atom. The molecule has 0 spiro atoms. The van der Waals surface area contributed by atoms with E-state index < -0.39 is 10.0 Å². The Morgan fingerprint density at radius 3 is 2.14 bits per heavy atom. The summed E-state index contributed by atoms with van der Waals surface area (Å²) < 4.78 is 26.9. The average molecular weight is 305 g/mol. The molecule has 0 radical (unpaired) electrons. The van der Waals surface area contributed by atoms with Crippen LogP contribution in [0.5, 0.6) is 0 Å². The molecule has 0 aliphatic rings. The van der Waals surface area contributed by atoms with E-state index in [0.29, 0.717) is 11.4 Å². The molecule has 7 heteroatoms. The van der Waals surface area contributed by atoms with Gasteiger partial charge in [-0.15, -0.1) is 0 Å². The van der Waals surface area contributed by atoms with Gasteiger partial charge in [-0.25, -0.2) is 8.42 Å². The molecule has 110 valence electrons. The second-order valence-electron chi connectivity index (χ2n) is 4.40. The van der Waals surface area contributed by atoms with Gasteiger partial charge in [0.1, 0.15) is 4.90 Å². The van der Waals surface area contributed by atoms with E-state index in [1.807, 2.05) is 0 Å². The molecule has 0 unspecified atom stereocenters. The highest BCUT2D eigenvalue weighted by Crippen LogP contribution is 2.22. The number of para-hydroxylation sites is 1. The molecule has 0 fully saturated rings. The van der Waals surface area contributed by atoms with Gasteiger partial charge in [-0.1, -0.05) is 12.1 Å². The van der Waals surface area contributed by atoms with Gasteiger partial charge in [-0.2, -0.15) is 0 Å². The smallest absolute Gasteiger partial charge is 0.263 e. The van der Waals surface area contributed by atoms with Gasteiger partial charge < -0.3 is 11.1 Å². The lowest BCUT2D eigenvalue weighted by Gasteiger charge is -2.10. The summed E-state index contributed by atoms with van der Waals surface area (Å²) in [6.07, 6.45) is 0. The highest BCUT2D eigenvalue weighted by Gasteiger charge is 2.16. The number of carbonyl (C=O) groups is 1. The van der Waals surface area contributed by atoms with Crippen molar-refractivity contribution in [2.24, 2.45) is 0 Å². The van der Waals surface area contributed by atoms with E-state index in [2.05, 4.69) is 10.0 Å². The van der Waals surface area contributed by atoms with Gasteiger partial charge in [0, 0.05) is 18.3 Å². The maximum absolute atomic E-state index is 12.2. The molecular weight excluding hydrogens is 290 g/mol. The molecule has 2 aromatic carbocycles. The summed E-state index contributed by atoms with van der Waals surface area (Å²) in [6.45, 7) is 1.40. The van der Waals surface area contributed by atoms with Crippen molar-refractivity contribution in [3.63, 3.8) is 0 Å². The first-order valence-electron chi connectivity index (χ1n) is 6.13. The lowest BCUT2D eigenvalue weighted by molar-refractivity contribution is -0.114. The first-order valence-corrected chi connectivity index (χ1v) is 7.62. The number of benzene rings is 2. The fourth-order valence-electron chi connectivity index (χ4n) is 1.76. The van der Waals surface area contributed by atoms with Crippen LogP contribution in [0.4, 0.5) is 17.1 Å². The van der Waals surface area contributed by atoms with Crippen LogP contribution in [0.3, 0.4) is 0 Å². The van der Waals surface area contributed by atoms with Gasteiger partial charge in [0.25, 0.3) is 10.0 Å². The second-order valence-corrected chi connectivity index (χ2v) is 6.05. The van der Waals surface area contributed by atoms with Gasteiger partial charge in [-0.05, 0) is 36.4 Å². The minimum Gasteiger partial charge on any atom is -0.398 e. The van der Waals surface area contributed by atoms with E-state index in [4.69, 9.17) is 5.73 Å². The number of nitrogens with one attached hydrogen (secondary N) is 2. The highest BCUT2D eigenvalue weighted by atomic mass is 32.2. The zero-order chi connectivity index (χ0) is 15.5. The normalized spacial score (nSPS) is 10.9. The van der Waals surface area contributed by atoms with Crippen LogP contribution in [0.2, 0.25) is 0 Å². The first-order chi connectivity index (χ1) is 9.88. The molecule has 0 aliphatic carbocycles. The van der Waals surface area contributed by atoms with Crippen molar-refractivity contribution in [1.82, 2.24) is 0 Å². The van der Waals surface area contributed by atoms with Crippen molar-refractivity contribution in [3.05, 3.63) is 48.5 Å². The second kappa shape index (κ2) is 5.84. The Balaban J connectivity index is 2.21. The van der Waals surface area contributed by atoms with Crippen molar-refractivity contribution in [1.29, 1.82) is 0 Å². The van der Waals surface area contributed by atoms with Crippen LogP contribution >= 0.6 is 0 Å². The van der Waals surface area contributed by atoms with E-state index in [1.54, 1.807) is 36.4 Å². The van der Waals surface area contributed by atoms with E-state index in [0.717, 1.165) is 0 Å². The Morgan fingerprint density at radius 1 is 1.00 bits per heavy atom. The fraction of sp³-hybridized carbons (Fsp3) is 0.0714. The predicted octanol–water partition coefficient (Wildman–Crippen LogP) is 2.03. The standard InChI is InChI=1S/C14H15N3O3S/c1-10(18)16-11-6-8-12(9-7-11)17-21(19,20)14-5-3-2-4-13(14)15/h2-9,17H,15H2,1H3,(H,16,18). The largest absolute Gasteiger partial charge is 0.398 e. The van der Waals surface area contributed by atoms with Crippen LogP contribution in [0.1, 0.15) is 6.92 Å². The van der Waals surface area contributed by atoms with Crippen LogP contribution in [0, 0.1) is 0 Å². The number of sulfonamides is 1. The van der Waals surface area contributed by atoms with Crippen LogP contribution in [-0.2, 0) is 14.8 Å². The molecule has 0 saturated carbocycles. The van der Waals surface area contributed by atoms with E-state index in [-0.39, 0.29) is 16.5 Å². The molecule has 2 rings (SSSR count). The van der Waals surface area contributed by atoms with Crippen LogP contribution in [0.25, 0.3) is 0 Å². The SMILES string of the molecule is CC(=O)Nc1ccc(NS(=O)(=O)c2ccccc2N)cc1. The summed E-state index contributed by atoms with van der Waals surface area (Å²) in [6, 6.07) is 12.5. The Hall–Kier alpha value is -2.54. The Bertz CT molecular complexity index is 755. The topological polar surface area (TPSA) is 101 Å². The predicted molar refractivity (Wildman–Crippen MR) is 82.4 cm³/mol. The Labute approximate surface area is 123 Å². The highest BCUT2D eigenvalue weighted by molar-refractivity contribution is 7.92. The fourth-order valence-corrected chi connectivity index (χ4v) is 2.95. The van der Waals surface area contributed by atoms with Crippen LogP contribution < -0.4 is 15.8 Å². The average Bonchev–Trinajstić information content (AvgIpc) is 2.40. The maximum atomic E-state index is 12.2. The van der Waals surface area contributed by atoms with Gasteiger partial charge in [-0.3, -0.25) is 9.52 Å². The summed E-state index contributed by atoms with van der Waals surface area (Å²) in [5.41, 5.74) is 6.82. The number of nitrogen functional groups attached to an aromatic ring is 1. The molecule has 0 aliphatic heterocycles. The molecule has 4 N–H and O–H groups in total. The number of hydrogen-bond acceptors (Lipinski definition) is 4. The van der Waals surface area contributed by atoms with E-state index in [9.17, 15) is 13.2 Å². The molecule has 6 nitrogen and oxygen atoms in total. The molecule has 0 atom stereocenters. The van der Waals surface area contributed by atoms with E-state index >= 15 is 0 Å². The number of amides is 1. The first kappa shape index (κ1) is 14.9. The molecule has 0 aromatic heterocycles.